The number of thioether (sulfide) groups is 1. The first-order valence-electron chi connectivity index (χ1n) is 10.4. The number of ether oxygens (including phenoxy) is 1. The Morgan fingerprint density at radius 2 is 2.03 bits per heavy atom. The molecule has 11 heteroatoms. The van der Waals surface area contributed by atoms with E-state index in [0.717, 1.165) is 17.8 Å². The van der Waals surface area contributed by atoms with Crippen LogP contribution in [0.1, 0.15) is 23.1 Å². The number of amides is 2. The molecule has 2 aromatic carbocycles. The Kier molecular flexibility index (Phi) is 5.91. The van der Waals surface area contributed by atoms with Crippen LogP contribution in [0.25, 0.3) is 17.0 Å². The highest BCUT2D eigenvalue weighted by Crippen LogP contribution is 2.36. The molecular formula is C23H17ClF3N3O3S. The second kappa shape index (κ2) is 8.75. The van der Waals surface area contributed by atoms with Gasteiger partial charge in [0, 0.05) is 17.0 Å². The zero-order valence-electron chi connectivity index (χ0n) is 17.5. The van der Waals surface area contributed by atoms with E-state index in [1.807, 2.05) is 0 Å². The summed E-state index contributed by atoms with van der Waals surface area (Å²) in [4.78, 5) is 26.7. The molecule has 0 saturated carbocycles. The number of hydrogen-bond donors (Lipinski definition) is 0. The second-order valence-electron chi connectivity index (χ2n) is 7.99. The van der Waals surface area contributed by atoms with Crippen molar-refractivity contribution in [1.29, 1.82) is 0 Å². The standard InChI is InChI=1S/C23H17ClF3N3O3S/c24-16-3-2-14(18(9-16)23(25,26)27)11-29-19-4-1-13(7-15(19)10-28-29)8-20-21(31)30(22(32)34-20)17-5-6-33-12-17/h1-4,7-10,17H,5-6,11-12H2/b20-8-/t17-/m1/s1. The van der Waals surface area contributed by atoms with E-state index in [2.05, 4.69) is 5.10 Å². The molecule has 5 rings (SSSR count). The number of benzene rings is 2. The third-order valence-electron chi connectivity index (χ3n) is 5.76. The normalized spacial score (nSPS) is 20.3. The van der Waals surface area contributed by atoms with Crippen molar-refractivity contribution >= 4 is 51.5 Å². The van der Waals surface area contributed by atoms with Gasteiger partial charge in [0.1, 0.15) is 0 Å². The summed E-state index contributed by atoms with van der Waals surface area (Å²) in [5, 5.41) is 4.64. The van der Waals surface area contributed by atoms with Gasteiger partial charge in [0.05, 0.1) is 41.4 Å². The maximum absolute atomic E-state index is 13.4. The number of fused-ring (bicyclic) bond motifs is 1. The van der Waals surface area contributed by atoms with Crippen LogP contribution in [0, 0.1) is 0 Å². The Balaban J connectivity index is 1.41. The van der Waals surface area contributed by atoms with Crippen molar-refractivity contribution < 1.29 is 27.5 Å². The summed E-state index contributed by atoms with van der Waals surface area (Å²) < 4.78 is 47.1. The van der Waals surface area contributed by atoms with Gasteiger partial charge >= 0.3 is 6.18 Å². The minimum Gasteiger partial charge on any atom is -0.379 e. The summed E-state index contributed by atoms with van der Waals surface area (Å²) in [5.74, 6) is -0.344. The van der Waals surface area contributed by atoms with Gasteiger partial charge in [-0.15, -0.1) is 0 Å². The van der Waals surface area contributed by atoms with Crippen LogP contribution in [-0.4, -0.2) is 45.1 Å². The van der Waals surface area contributed by atoms with Gasteiger partial charge in [-0.05, 0) is 59.7 Å². The minimum atomic E-state index is -4.54. The van der Waals surface area contributed by atoms with E-state index in [4.69, 9.17) is 16.3 Å². The van der Waals surface area contributed by atoms with Gasteiger partial charge in [0.2, 0.25) is 0 Å². The molecule has 1 aromatic heterocycles. The minimum absolute atomic E-state index is 0.0101. The maximum atomic E-state index is 13.4. The van der Waals surface area contributed by atoms with Crippen molar-refractivity contribution in [1.82, 2.24) is 14.7 Å². The number of aromatic nitrogens is 2. The highest BCUT2D eigenvalue weighted by molar-refractivity contribution is 8.18. The van der Waals surface area contributed by atoms with E-state index in [9.17, 15) is 22.8 Å². The van der Waals surface area contributed by atoms with Gasteiger partial charge in [-0.3, -0.25) is 19.2 Å². The lowest BCUT2D eigenvalue weighted by Crippen LogP contribution is -2.38. The highest BCUT2D eigenvalue weighted by atomic mass is 35.5. The molecule has 0 spiro atoms. The monoisotopic (exact) mass is 507 g/mol. The number of alkyl halides is 3. The Morgan fingerprint density at radius 1 is 1.21 bits per heavy atom. The summed E-state index contributed by atoms with van der Waals surface area (Å²) in [6, 6.07) is 8.67. The molecule has 2 aliphatic rings. The van der Waals surface area contributed by atoms with Crippen LogP contribution >= 0.6 is 23.4 Å². The molecule has 0 N–H and O–H groups in total. The zero-order chi connectivity index (χ0) is 24.0. The Hall–Kier alpha value is -2.82. The van der Waals surface area contributed by atoms with Crippen LogP contribution < -0.4 is 0 Å². The third-order valence-corrected chi connectivity index (χ3v) is 6.87. The molecule has 176 valence electrons. The molecular weight excluding hydrogens is 491 g/mol. The average Bonchev–Trinajstić information content (AvgIpc) is 3.49. The molecule has 2 fully saturated rings. The molecule has 6 nitrogen and oxygen atoms in total. The predicted octanol–water partition coefficient (Wildman–Crippen LogP) is 5.58. The molecule has 3 heterocycles. The van der Waals surface area contributed by atoms with Crippen molar-refractivity contribution in [3.05, 3.63) is 69.2 Å². The molecule has 0 bridgehead atoms. The van der Waals surface area contributed by atoms with E-state index in [-0.39, 0.29) is 34.3 Å². The number of hydrogen-bond acceptors (Lipinski definition) is 5. The van der Waals surface area contributed by atoms with Crippen LogP contribution in [0.15, 0.2) is 47.5 Å². The smallest absolute Gasteiger partial charge is 0.379 e. The van der Waals surface area contributed by atoms with Gasteiger partial charge in [-0.25, -0.2) is 0 Å². The molecule has 2 amide bonds. The molecule has 2 aliphatic heterocycles. The van der Waals surface area contributed by atoms with E-state index < -0.39 is 11.7 Å². The lowest BCUT2D eigenvalue weighted by Gasteiger charge is -2.18. The fourth-order valence-electron chi connectivity index (χ4n) is 4.10. The van der Waals surface area contributed by atoms with Crippen molar-refractivity contribution in [2.24, 2.45) is 0 Å². The van der Waals surface area contributed by atoms with Gasteiger partial charge in [-0.2, -0.15) is 18.3 Å². The average molecular weight is 508 g/mol. The number of carbonyl (C=O) groups is 2. The topological polar surface area (TPSA) is 64.4 Å². The molecule has 34 heavy (non-hydrogen) atoms. The van der Waals surface area contributed by atoms with E-state index in [0.29, 0.717) is 41.0 Å². The molecule has 0 unspecified atom stereocenters. The lowest BCUT2D eigenvalue weighted by atomic mass is 10.1. The Morgan fingerprint density at radius 3 is 2.76 bits per heavy atom. The first-order valence-corrected chi connectivity index (χ1v) is 11.6. The largest absolute Gasteiger partial charge is 0.416 e. The van der Waals surface area contributed by atoms with Gasteiger partial charge in [0.15, 0.2) is 0 Å². The summed E-state index contributed by atoms with van der Waals surface area (Å²) in [6.07, 6.45) is -0.722. The van der Waals surface area contributed by atoms with E-state index in [1.54, 1.807) is 30.5 Å². The van der Waals surface area contributed by atoms with Crippen LogP contribution in [0.3, 0.4) is 0 Å². The predicted molar refractivity (Wildman–Crippen MR) is 122 cm³/mol. The van der Waals surface area contributed by atoms with Crippen LogP contribution in [0.4, 0.5) is 18.0 Å². The number of nitrogens with zero attached hydrogens (tertiary/aromatic N) is 3. The number of rotatable bonds is 4. The van der Waals surface area contributed by atoms with Crippen LogP contribution in [0.5, 0.6) is 0 Å². The highest BCUT2D eigenvalue weighted by Gasteiger charge is 2.41. The second-order valence-corrected chi connectivity index (χ2v) is 9.42. The van der Waals surface area contributed by atoms with Crippen LogP contribution in [-0.2, 0) is 22.3 Å². The summed E-state index contributed by atoms with van der Waals surface area (Å²) >= 11 is 6.65. The van der Waals surface area contributed by atoms with Crippen molar-refractivity contribution in [2.45, 2.75) is 25.2 Å². The summed E-state index contributed by atoms with van der Waals surface area (Å²) in [5.41, 5.74) is 0.568. The first kappa shape index (κ1) is 22.9. The summed E-state index contributed by atoms with van der Waals surface area (Å²) in [7, 11) is 0. The lowest BCUT2D eigenvalue weighted by molar-refractivity contribution is -0.138. The van der Waals surface area contributed by atoms with Crippen molar-refractivity contribution in [3.8, 4) is 0 Å². The fourth-order valence-corrected chi connectivity index (χ4v) is 5.18. The molecule has 1 atom stereocenters. The molecule has 0 aliphatic carbocycles. The van der Waals surface area contributed by atoms with Gasteiger partial charge in [-0.1, -0.05) is 23.7 Å². The van der Waals surface area contributed by atoms with Crippen LogP contribution in [0.2, 0.25) is 5.02 Å². The van der Waals surface area contributed by atoms with Gasteiger partial charge in [0.25, 0.3) is 11.1 Å². The third kappa shape index (κ3) is 4.33. The molecule has 2 saturated heterocycles. The number of halogens is 4. The van der Waals surface area contributed by atoms with E-state index in [1.165, 1.54) is 21.7 Å². The number of imide groups is 1. The SMILES string of the molecule is O=C1S/C(=C\c2ccc3c(cnn3Cc3ccc(Cl)cc3C(F)(F)F)c2)C(=O)N1[C@@H]1CCOC1. The zero-order valence-corrected chi connectivity index (χ0v) is 19.1. The quantitative estimate of drug-likeness (QED) is 0.431. The first-order chi connectivity index (χ1) is 16.2. The van der Waals surface area contributed by atoms with E-state index >= 15 is 0 Å². The summed E-state index contributed by atoms with van der Waals surface area (Å²) in [6.45, 7) is 0.782. The Bertz CT molecular complexity index is 1330. The molecule has 3 aromatic rings. The molecule has 0 radical (unpaired) electrons. The fraction of sp³-hybridized carbons (Fsp3) is 0.261. The number of carbonyl (C=O) groups excluding carboxylic acids is 2. The Labute approximate surface area is 201 Å². The van der Waals surface area contributed by atoms with Gasteiger partial charge < -0.3 is 4.74 Å². The van der Waals surface area contributed by atoms with Crippen molar-refractivity contribution in [3.63, 3.8) is 0 Å². The van der Waals surface area contributed by atoms with Crippen molar-refractivity contribution in [2.75, 3.05) is 13.2 Å². The maximum Gasteiger partial charge on any atom is 0.416 e.